The van der Waals surface area contributed by atoms with Crippen LogP contribution >= 0.6 is 0 Å². The Hall–Kier alpha value is -6.12. The van der Waals surface area contributed by atoms with E-state index >= 15 is 0 Å². The Morgan fingerprint density at radius 3 is 1.82 bits per heavy atom. The largest absolute Gasteiger partial charge is 0.511 e. The fourth-order valence-electron chi connectivity index (χ4n) is 4.95. The third-order valence-electron chi connectivity index (χ3n) is 6.68. The molecular formula is C36H36O15. The van der Waals surface area contributed by atoms with Crippen LogP contribution in [0.4, 0.5) is 4.79 Å². The highest BCUT2D eigenvalue weighted by molar-refractivity contribution is 5.92. The predicted molar refractivity (Wildman–Crippen MR) is 174 cm³/mol. The van der Waals surface area contributed by atoms with Gasteiger partial charge in [0, 0.05) is 58.7 Å². The van der Waals surface area contributed by atoms with Crippen LogP contribution in [-0.4, -0.2) is 54.5 Å². The normalized spacial score (nSPS) is 15.2. The second-order valence-electron chi connectivity index (χ2n) is 11.4. The average molecular weight is 709 g/mol. The van der Waals surface area contributed by atoms with Gasteiger partial charge in [-0.25, -0.2) is 9.59 Å². The van der Waals surface area contributed by atoms with Gasteiger partial charge in [-0.15, -0.1) is 0 Å². The lowest BCUT2D eigenvalue weighted by atomic mass is 9.93. The molecule has 1 aliphatic heterocycles. The van der Waals surface area contributed by atoms with E-state index in [0.717, 1.165) is 26.0 Å². The van der Waals surface area contributed by atoms with Gasteiger partial charge in [0.2, 0.25) is 12.0 Å². The van der Waals surface area contributed by atoms with Crippen LogP contribution < -0.4 is 28.4 Å². The van der Waals surface area contributed by atoms with Gasteiger partial charge in [-0.2, -0.15) is 0 Å². The van der Waals surface area contributed by atoms with E-state index in [-0.39, 0.29) is 46.5 Å². The second kappa shape index (κ2) is 16.5. The van der Waals surface area contributed by atoms with Crippen LogP contribution in [0.1, 0.15) is 76.1 Å². The number of hydrogen-bond donors (Lipinski definition) is 0. The number of esters is 5. The maximum Gasteiger partial charge on any atom is 0.511 e. The molecular weight excluding hydrogens is 672 g/mol. The zero-order valence-electron chi connectivity index (χ0n) is 28.8. The Morgan fingerprint density at radius 2 is 1.27 bits per heavy atom. The lowest BCUT2D eigenvalue weighted by Gasteiger charge is -2.34. The zero-order chi connectivity index (χ0) is 37.4. The molecule has 3 atom stereocenters. The Kier molecular flexibility index (Phi) is 12.2. The standard InChI is InChI=1S/C36H36O15/c1-18(2)43-36(42)49-23(7)48-34-30(46-21(5)39)13-25(14-31(34)47-22(6)40)35(41)51-32-17-27-28(45-20(4)38)15-26(44-19(3)37)16-29(27)50-33(32)24-11-9-8-10-12-24/h8-16,18,23,32-33H,17H2,1-7H3/t23?,32-,33-/m1/s1. The van der Waals surface area contributed by atoms with Gasteiger partial charge in [0.15, 0.2) is 17.6 Å². The molecule has 0 saturated carbocycles. The van der Waals surface area contributed by atoms with Gasteiger partial charge in [-0.3, -0.25) is 19.2 Å². The molecule has 0 aromatic heterocycles. The number of rotatable bonds is 11. The van der Waals surface area contributed by atoms with Gasteiger partial charge >= 0.3 is 36.0 Å². The van der Waals surface area contributed by atoms with Crippen LogP contribution in [0.5, 0.6) is 34.5 Å². The summed E-state index contributed by atoms with van der Waals surface area (Å²) in [4.78, 5) is 73.8. The van der Waals surface area contributed by atoms with Crippen LogP contribution in [0.25, 0.3) is 0 Å². The highest BCUT2D eigenvalue weighted by Gasteiger charge is 2.37. The van der Waals surface area contributed by atoms with E-state index in [4.69, 9.17) is 42.6 Å². The topological polar surface area (TPSA) is 185 Å². The molecule has 3 aromatic rings. The molecule has 15 nitrogen and oxygen atoms in total. The summed E-state index contributed by atoms with van der Waals surface area (Å²) in [5.41, 5.74) is 0.731. The van der Waals surface area contributed by atoms with Crippen molar-refractivity contribution in [1.29, 1.82) is 0 Å². The maximum absolute atomic E-state index is 13.9. The molecule has 4 rings (SSSR count). The third-order valence-corrected chi connectivity index (χ3v) is 6.68. The minimum Gasteiger partial charge on any atom is -0.481 e. The average Bonchev–Trinajstić information content (AvgIpc) is 3.01. The van der Waals surface area contributed by atoms with Crippen LogP contribution in [0.2, 0.25) is 0 Å². The van der Waals surface area contributed by atoms with Crippen molar-refractivity contribution in [2.75, 3.05) is 0 Å². The Bertz CT molecular complexity index is 1780. The van der Waals surface area contributed by atoms with Crippen molar-refractivity contribution >= 4 is 36.0 Å². The number of fused-ring (bicyclic) bond motifs is 1. The van der Waals surface area contributed by atoms with Crippen LogP contribution in [0, 0.1) is 0 Å². The minimum atomic E-state index is -1.34. The first kappa shape index (κ1) is 37.7. The number of ether oxygens (including phenoxy) is 9. The molecule has 1 aliphatic rings. The summed E-state index contributed by atoms with van der Waals surface area (Å²) >= 11 is 0. The Morgan fingerprint density at radius 1 is 0.706 bits per heavy atom. The van der Waals surface area contributed by atoms with Gasteiger partial charge in [-0.1, -0.05) is 30.3 Å². The molecule has 270 valence electrons. The summed E-state index contributed by atoms with van der Waals surface area (Å²) in [6.07, 6.45) is -4.86. The van der Waals surface area contributed by atoms with E-state index in [0.29, 0.717) is 11.1 Å². The summed E-state index contributed by atoms with van der Waals surface area (Å²) in [5, 5.41) is 0. The van der Waals surface area contributed by atoms with Gasteiger partial charge in [-0.05, 0) is 31.5 Å². The van der Waals surface area contributed by atoms with Gasteiger partial charge in [0.05, 0.1) is 11.7 Å². The summed E-state index contributed by atoms with van der Waals surface area (Å²) in [6.45, 7) is 9.15. The molecule has 3 aromatic carbocycles. The molecule has 0 saturated heterocycles. The molecule has 0 fully saturated rings. The Labute approximate surface area is 292 Å². The van der Waals surface area contributed by atoms with E-state index in [1.54, 1.807) is 44.2 Å². The van der Waals surface area contributed by atoms with Gasteiger partial charge in [0.25, 0.3) is 0 Å². The van der Waals surface area contributed by atoms with E-state index in [9.17, 15) is 28.8 Å². The second-order valence-corrected chi connectivity index (χ2v) is 11.4. The maximum atomic E-state index is 13.9. The van der Waals surface area contributed by atoms with Crippen molar-refractivity contribution in [3.8, 4) is 34.5 Å². The lowest BCUT2D eigenvalue weighted by Crippen LogP contribution is -2.35. The Balaban J connectivity index is 1.74. The van der Waals surface area contributed by atoms with Crippen molar-refractivity contribution in [3.63, 3.8) is 0 Å². The molecule has 0 aliphatic carbocycles. The summed E-state index contributed by atoms with van der Waals surface area (Å²) in [5.74, 6) is -4.63. The quantitative estimate of drug-likeness (QED) is 0.136. The molecule has 51 heavy (non-hydrogen) atoms. The third kappa shape index (κ3) is 10.4. The SMILES string of the molecule is CC(=O)Oc1cc(OC(C)=O)c2c(c1)O[C@H](c1ccccc1)[C@H](OC(=O)c1cc(OC(C)=O)c(OC(C)OC(=O)OC(C)C)c(OC(C)=O)c1)C2. The van der Waals surface area contributed by atoms with E-state index in [1.165, 1.54) is 32.9 Å². The fourth-order valence-corrected chi connectivity index (χ4v) is 4.95. The van der Waals surface area contributed by atoms with Crippen molar-refractivity contribution in [2.24, 2.45) is 0 Å². The first-order chi connectivity index (χ1) is 24.1. The lowest BCUT2D eigenvalue weighted by molar-refractivity contribution is -0.133. The van der Waals surface area contributed by atoms with Crippen molar-refractivity contribution in [3.05, 3.63) is 71.3 Å². The molecule has 0 N–H and O–H groups in total. The number of hydrogen-bond acceptors (Lipinski definition) is 15. The van der Waals surface area contributed by atoms with Gasteiger partial charge < -0.3 is 42.6 Å². The molecule has 0 bridgehead atoms. The highest BCUT2D eigenvalue weighted by Crippen LogP contribution is 2.45. The molecule has 15 heteroatoms. The number of carbonyl (C=O) groups is 6. The van der Waals surface area contributed by atoms with Crippen LogP contribution in [0.3, 0.4) is 0 Å². The van der Waals surface area contributed by atoms with Crippen LogP contribution in [0.15, 0.2) is 54.6 Å². The molecule has 0 spiro atoms. The first-order valence-corrected chi connectivity index (χ1v) is 15.6. The molecule has 1 heterocycles. The van der Waals surface area contributed by atoms with Crippen molar-refractivity contribution in [1.82, 2.24) is 0 Å². The molecule has 0 amide bonds. The zero-order valence-corrected chi connectivity index (χ0v) is 28.8. The molecule has 0 radical (unpaired) electrons. The van der Waals surface area contributed by atoms with E-state index < -0.39 is 60.6 Å². The smallest absolute Gasteiger partial charge is 0.481 e. The summed E-state index contributed by atoms with van der Waals surface area (Å²) < 4.78 is 49.3. The fraction of sp³-hybridized carbons (Fsp3) is 0.333. The summed E-state index contributed by atoms with van der Waals surface area (Å²) in [6, 6.07) is 13.9. The minimum absolute atomic E-state index is 0.0215. The van der Waals surface area contributed by atoms with E-state index in [1.807, 2.05) is 0 Å². The van der Waals surface area contributed by atoms with Crippen LogP contribution in [-0.2, 0) is 39.8 Å². The van der Waals surface area contributed by atoms with Gasteiger partial charge in [0.1, 0.15) is 23.4 Å². The first-order valence-electron chi connectivity index (χ1n) is 15.6. The predicted octanol–water partition coefficient (Wildman–Crippen LogP) is 5.58. The molecule has 1 unspecified atom stereocenters. The number of carbonyl (C=O) groups excluding carboxylic acids is 6. The summed E-state index contributed by atoms with van der Waals surface area (Å²) in [7, 11) is 0. The van der Waals surface area contributed by atoms with Crippen molar-refractivity contribution in [2.45, 2.75) is 79.5 Å². The monoisotopic (exact) mass is 708 g/mol. The number of benzene rings is 3. The highest BCUT2D eigenvalue weighted by atomic mass is 16.8. The van der Waals surface area contributed by atoms with E-state index in [2.05, 4.69) is 0 Å². The van der Waals surface area contributed by atoms with Crippen molar-refractivity contribution < 1.29 is 71.4 Å².